The Labute approximate surface area is 167 Å². The van der Waals surface area contributed by atoms with Gasteiger partial charge in [0.25, 0.3) is 0 Å². The molecule has 0 saturated heterocycles. The van der Waals surface area contributed by atoms with Crippen LogP contribution in [0.15, 0.2) is 59.3 Å². The SMILES string of the molecule is O=C1OC2(CCC(C(=O)Nc3cc(-c4ccccc4)no3)CC2)c2cccnc21. The van der Waals surface area contributed by atoms with E-state index in [9.17, 15) is 9.59 Å². The number of fused-ring (bicyclic) bond motifs is 2. The zero-order valence-corrected chi connectivity index (χ0v) is 15.6. The molecule has 0 atom stereocenters. The molecule has 2 aromatic heterocycles. The predicted octanol–water partition coefficient (Wildman–Crippen LogP) is 3.93. The highest BCUT2D eigenvalue weighted by atomic mass is 16.6. The van der Waals surface area contributed by atoms with Gasteiger partial charge in [0.1, 0.15) is 11.3 Å². The van der Waals surface area contributed by atoms with Crippen LogP contribution in [0.3, 0.4) is 0 Å². The first-order valence-corrected chi connectivity index (χ1v) is 9.66. The molecule has 1 fully saturated rings. The van der Waals surface area contributed by atoms with Crippen LogP contribution in [0.4, 0.5) is 5.88 Å². The first-order chi connectivity index (χ1) is 14.1. The molecule has 29 heavy (non-hydrogen) atoms. The highest BCUT2D eigenvalue weighted by molar-refractivity contribution is 5.93. The number of rotatable bonds is 3. The third-order valence-corrected chi connectivity index (χ3v) is 5.77. The van der Waals surface area contributed by atoms with Gasteiger partial charge in [-0.25, -0.2) is 9.78 Å². The summed E-state index contributed by atoms with van der Waals surface area (Å²) in [5.41, 5.74) is 2.18. The van der Waals surface area contributed by atoms with Crippen LogP contribution >= 0.6 is 0 Å². The number of ether oxygens (including phenoxy) is 1. The number of anilines is 1. The van der Waals surface area contributed by atoms with Crippen molar-refractivity contribution in [2.75, 3.05) is 5.32 Å². The molecule has 0 bridgehead atoms. The molecule has 5 rings (SSSR count). The van der Waals surface area contributed by atoms with E-state index in [2.05, 4.69) is 15.5 Å². The maximum atomic E-state index is 12.7. The predicted molar refractivity (Wildman–Crippen MR) is 104 cm³/mol. The van der Waals surface area contributed by atoms with Crippen LogP contribution in [-0.2, 0) is 15.1 Å². The maximum Gasteiger partial charge on any atom is 0.358 e. The van der Waals surface area contributed by atoms with E-state index in [0.29, 0.717) is 43.0 Å². The standard InChI is InChI=1S/C22H19N3O4/c26-20(24-18-13-17(25-29-18)14-5-2-1-3-6-14)15-8-10-22(11-9-15)16-7-4-12-23-19(16)21(27)28-22/h1-7,12-13,15H,8-11H2,(H,24,26). The number of carbonyl (C=O) groups is 2. The lowest BCUT2D eigenvalue weighted by Gasteiger charge is -2.35. The summed E-state index contributed by atoms with van der Waals surface area (Å²) < 4.78 is 11.0. The molecular formula is C22H19N3O4. The molecule has 3 aromatic rings. The van der Waals surface area contributed by atoms with Gasteiger partial charge in [-0.15, -0.1) is 0 Å². The van der Waals surface area contributed by atoms with Gasteiger partial charge in [0.05, 0.1) is 0 Å². The van der Waals surface area contributed by atoms with E-state index in [1.807, 2.05) is 42.5 Å². The van der Waals surface area contributed by atoms with Crippen LogP contribution in [0.1, 0.15) is 41.7 Å². The van der Waals surface area contributed by atoms with Crippen molar-refractivity contribution in [1.82, 2.24) is 10.1 Å². The van der Waals surface area contributed by atoms with Gasteiger partial charge < -0.3 is 9.26 Å². The van der Waals surface area contributed by atoms with Crippen LogP contribution < -0.4 is 5.32 Å². The van der Waals surface area contributed by atoms with Gasteiger partial charge in [-0.05, 0) is 31.7 Å². The summed E-state index contributed by atoms with van der Waals surface area (Å²) in [5.74, 6) is -0.328. The van der Waals surface area contributed by atoms with Crippen LogP contribution in [0, 0.1) is 5.92 Å². The first kappa shape index (κ1) is 17.6. The van der Waals surface area contributed by atoms with Crippen LogP contribution in [0.25, 0.3) is 11.3 Å². The molecule has 0 radical (unpaired) electrons. The largest absolute Gasteiger partial charge is 0.449 e. The number of pyridine rings is 1. The number of aromatic nitrogens is 2. The molecule has 1 saturated carbocycles. The molecule has 1 aliphatic heterocycles. The van der Waals surface area contributed by atoms with Gasteiger partial charge >= 0.3 is 5.97 Å². The fourth-order valence-electron chi connectivity index (χ4n) is 4.24. The Morgan fingerprint density at radius 1 is 1.10 bits per heavy atom. The van der Waals surface area contributed by atoms with E-state index in [0.717, 1.165) is 11.1 Å². The minimum Gasteiger partial charge on any atom is -0.449 e. The van der Waals surface area contributed by atoms with Gasteiger partial charge in [0, 0.05) is 29.3 Å². The Bertz CT molecular complexity index is 1070. The average Bonchev–Trinajstić information content (AvgIpc) is 3.33. The normalized spacial score (nSPS) is 22.9. The first-order valence-electron chi connectivity index (χ1n) is 9.66. The highest BCUT2D eigenvalue weighted by Gasteiger charge is 2.49. The number of hydrogen-bond donors (Lipinski definition) is 1. The van der Waals surface area contributed by atoms with Crippen molar-refractivity contribution >= 4 is 17.8 Å². The molecule has 1 spiro atoms. The number of nitrogens with zero attached hydrogens (tertiary/aromatic N) is 2. The van der Waals surface area contributed by atoms with Crippen molar-refractivity contribution < 1.29 is 18.8 Å². The second kappa shape index (κ2) is 6.84. The van der Waals surface area contributed by atoms with Crippen LogP contribution in [0.5, 0.6) is 0 Å². The maximum absolute atomic E-state index is 12.7. The van der Waals surface area contributed by atoms with Gasteiger partial charge in [-0.2, -0.15) is 0 Å². The third kappa shape index (κ3) is 3.08. The molecule has 1 amide bonds. The van der Waals surface area contributed by atoms with Crippen molar-refractivity contribution in [3.8, 4) is 11.3 Å². The molecule has 3 heterocycles. The number of amides is 1. The van der Waals surface area contributed by atoms with Crippen molar-refractivity contribution in [3.63, 3.8) is 0 Å². The Morgan fingerprint density at radius 2 is 1.90 bits per heavy atom. The summed E-state index contributed by atoms with van der Waals surface area (Å²) in [7, 11) is 0. The Balaban J connectivity index is 1.25. The number of carbonyl (C=O) groups excluding carboxylic acids is 2. The van der Waals surface area contributed by atoms with Crippen molar-refractivity contribution in [2.24, 2.45) is 5.92 Å². The molecular weight excluding hydrogens is 370 g/mol. The van der Waals surface area contributed by atoms with Crippen molar-refractivity contribution in [3.05, 3.63) is 66.0 Å². The molecule has 2 aliphatic rings. The van der Waals surface area contributed by atoms with E-state index in [-0.39, 0.29) is 17.8 Å². The number of hydrogen-bond acceptors (Lipinski definition) is 6. The fourth-order valence-corrected chi connectivity index (χ4v) is 4.24. The summed E-state index contributed by atoms with van der Waals surface area (Å²) in [6, 6.07) is 15.1. The second-order valence-electron chi connectivity index (χ2n) is 7.49. The van der Waals surface area contributed by atoms with Crippen molar-refractivity contribution in [2.45, 2.75) is 31.3 Å². The molecule has 7 heteroatoms. The minimum atomic E-state index is -0.649. The van der Waals surface area contributed by atoms with E-state index in [4.69, 9.17) is 9.26 Å². The number of nitrogens with one attached hydrogen (secondary N) is 1. The summed E-state index contributed by atoms with van der Waals surface area (Å²) in [5, 5.41) is 6.84. The number of benzene rings is 1. The highest BCUT2D eigenvalue weighted by Crippen LogP contribution is 2.47. The van der Waals surface area contributed by atoms with Gasteiger partial charge in [0.15, 0.2) is 5.69 Å². The molecule has 146 valence electrons. The Hall–Kier alpha value is -3.48. The zero-order chi connectivity index (χ0) is 19.8. The molecule has 1 N–H and O–H groups in total. The molecule has 1 aliphatic carbocycles. The summed E-state index contributed by atoms with van der Waals surface area (Å²) >= 11 is 0. The lowest BCUT2D eigenvalue weighted by molar-refractivity contribution is -0.123. The van der Waals surface area contributed by atoms with E-state index >= 15 is 0 Å². The van der Waals surface area contributed by atoms with E-state index < -0.39 is 5.60 Å². The Morgan fingerprint density at radius 3 is 2.69 bits per heavy atom. The van der Waals surface area contributed by atoms with Crippen LogP contribution in [-0.4, -0.2) is 22.0 Å². The lowest BCUT2D eigenvalue weighted by atomic mass is 9.75. The monoisotopic (exact) mass is 389 g/mol. The second-order valence-corrected chi connectivity index (χ2v) is 7.49. The van der Waals surface area contributed by atoms with Gasteiger partial charge in [0.2, 0.25) is 11.8 Å². The van der Waals surface area contributed by atoms with E-state index in [1.54, 1.807) is 12.3 Å². The van der Waals surface area contributed by atoms with Gasteiger partial charge in [-0.1, -0.05) is 41.6 Å². The van der Waals surface area contributed by atoms with Gasteiger partial charge in [-0.3, -0.25) is 10.1 Å². The smallest absolute Gasteiger partial charge is 0.358 e. The Kier molecular flexibility index (Phi) is 4.16. The topological polar surface area (TPSA) is 94.3 Å². The molecule has 7 nitrogen and oxygen atoms in total. The van der Waals surface area contributed by atoms with Crippen molar-refractivity contribution in [1.29, 1.82) is 0 Å². The zero-order valence-electron chi connectivity index (χ0n) is 15.6. The average molecular weight is 389 g/mol. The summed E-state index contributed by atoms with van der Waals surface area (Å²) in [6.45, 7) is 0. The molecule has 1 aromatic carbocycles. The van der Waals surface area contributed by atoms with E-state index in [1.165, 1.54) is 0 Å². The van der Waals surface area contributed by atoms with Crippen LogP contribution in [0.2, 0.25) is 0 Å². The third-order valence-electron chi connectivity index (χ3n) is 5.77. The fraction of sp³-hybridized carbons (Fsp3) is 0.273. The molecule has 0 unspecified atom stereocenters. The summed E-state index contributed by atoms with van der Waals surface area (Å²) in [6.07, 6.45) is 4.03. The summed E-state index contributed by atoms with van der Waals surface area (Å²) in [4.78, 5) is 29.0. The number of esters is 1. The minimum absolute atomic E-state index is 0.105. The lowest BCUT2D eigenvalue weighted by Crippen LogP contribution is -2.36. The quantitative estimate of drug-likeness (QED) is 0.682.